The first-order valence-corrected chi connectivity index (χ1v) is 10.5. The van der Waals surface area contributed by atoms with E-state index in [1.807, 2.05) is 30.3 Å². The lowest BCUT2D eigenvalue weighted by molar-refractivity contribution is -0.159. The number of amides is 2. The van der Waals surface area contributed by atoms with Gasteiger partial charge in [-0.2, -0.15) is 0 Å². The van der Waals surface area contributed by atoms with Crippen LogP contribution in [0.3, 0.4) is 0 Å². The number of nitrogens with zero attached hydrogens (tertiary/aromatic N) is 2. The molecule has 1 aromatic rings. The molecule has 1 aliphatic carbocycles. The summed E-state index contributed by atoms with van der Waals surface area (Å²) in [4.78, 5) is 40.8. The number of carbonyl (C=O) groups is 3. The Labute approximate surface area is 170 Å². The largest absolute Gasteiger partial charge is 0.465 e. The molecular formula is C22H28N2O5. The van der Waals surface area contributed by atoms with Gasteiger partial charge in [0.2, 0.25) is 5.91 Å². The number of hydrogen-bond donors (Lipinski definition) is 1. The molecule has 0 radical (unpaired) electrons. The van der Waals surface area contributed by atoms with Gasteiger partial charge in [0.1, 0.15) is 12.6 Å². The Bertz CT molecular complexity index is 777. The zero-order valence-electron chi connectivity index (χ0n) is 16.6. The number of carboxylic acid groups (broad SMARTS) is 1. The maximum Gasteiger partial charge on any atom is 0.407 e. The van der Waals surface area contributed by atoms with Crippen molar-refractivity contribution in [1.82, 2.24) is 9.80 Å². The number of carbonyl (C=O) groups excluding carboxylic acids is 2. The topological polar surface area (TPSA) is 87.2 Å². The third-order valence-corrected chi connectivity index (χ3v) is 6.82. The van der Waals surface area contributed by atoms with Crippen molar-refractivity contribution >= 4 is 18.0 Å². The predicted molar refractivity (Wildman–Crippen MR) is 105 cm³/mol. The molecule has 1 spiro atoms. The predicted octanol–water partition coefficient (Wildman–Crippen LogP) is 2.89. The van der Waals surface area contributed by atoms with Crippen LogP contribution in [0.4, 0.5) is 4.79 Å². The Kier molecular flexibility index (Phi) is 5.48. The fourth-order valence-electron chi connectivity index (χ4n) is 5.19. The van der Waals surface area contributed by atoms with Gasteiger partial charge in [0, 0.05) is 19.6 Å². The summed E-state index contributed by atoms with van der Waals surface area (Å²) in [6, 6.07) is 8.97. The first kappa shape index (κ1) is 19.7. The summed E-state index contributed by atoms with van der Waals surface area (Å²) in [5.74, 6) is -0.289. The Morgan fingerprint density at radius 1 is 1.14 bits per heavy atom. The second-order valence-electron chi connectivity index (χ2n) is 8.57. The van der Waals surface area contributed by atoms with Gasteiger partial charge in [0.25, 0.3) is 0 Å². The van der Waals surface area contributed by atoms with Crippen LogP contribution in [0.15, 0.2) is 30.3 Å². The van der Waals surface area contributed by atoms with Crippen LogP contribution in [0.5, 0.6) is 0 Å². The minimum absolute atomic E-state index is 0.0742. The highest BCUT2D eigenvalue weighted by atomic mass is 16.5. The Balaban J connectivity index is 1.49. The van der Waals surface area contributed by atoms with Gasteiger partial charge < -0.3 is 19.6 Å². The molecule has 156 valence electrons. The third kappa shape index (κ3) is 3.82. The summed E-state index contributed by atoms with van der Waals surface area (Å²) in [7, 11) is 0. The van der Waals surface area contributed by atoms with E-state index in [0.29, 0.717) is 25.9 Å². The first-order valence-electron chi connectivity index (χ1n) is 10.5. The summed E-state index contributed by atoms with van der Waals surface area (Å²) in [6.45, 7) is 1.30. The Morgan fingerprint density at radius 3 is 2.48 bits per heavy atom. The molecule has 1 aromatic carbocycles. The van der Waals surface area contributed by atoms with Gasteiger partial charge in [0.15, 0.2) is 0 Å². The van der Waals surface area contributed by atoms with Crippen LogP contribution >= 0.6 is 0 Å². The van der Waals surface area contributed by atoms with Crippen LogP contribution in [0, 0.1) is 11.3 Å². The molecular weight excluding hydrogens is 372 g/mol. The second kappa shape index (κ2) is 8.05. The van der Waals surface area contributed by atoms with E-state index in [0.717, 1.165) is 31.2 Å². The molecule has 3 fully saturated rings. The summed E-state index contributed by atoms with van der Waals surface area (Å²) in [5, 5.41) is 9.28. The fourth-order valence-corrected chi connectivity index (χ4v) is 5.19. The third-order valence-electron chi connectivity index (χ3n) is 6.82. The highest BCUT2D eigenvalue weighted by molar-refractivity contribution is 5.91. The average Bonchev–Trinajstić information content (AvgIpc) is 3.46. The van der Waals surface area contributed by atoms with E-state index >= 15 is 0 Å². The van der Waals surface area contributed by atoms with Crippen molar-refractivity contribution in [1.29, 1.82) is 0 Å². The number of benzene rings is 1. The zero-order chi connectivity index (χ0) is 20.4. The number of ether oxygens (including phenoxy) is 1. The van der Waals surface area contributed by atoms with E-state index in [4.69, 9.17) is 4.74 Å². The van der Waals surface area contributed by atoms with Gasteiger partial charge in [-0.05, 0) is 37.2 Å². The number of likely N-dealkylation sites (tertiary alicyclic amines) is 2. The van der Waals surface area contributed by atoms with Crippen LogP contribution in [0.2, 0.25) is 0 Å². The highest BCUT2D eigenvalue weighted by Crippen LogP contribution is 2.43. The number of hydrogen-bond acceptors (Lipinski definition) is 4. The molecule has 2 heterocycles. The van der Waals surface area contributed by atoms with Crippen LogP contribution in [0.25, 0.3) is 0 Å². The molecule has 2 aliphatic heterocycles. The monoisotopic (exact) mass is 400 g/mol. The molecule has 29 heavy (non-hydrogen) atoms. The summed E-state index contributed by atoms with van der Waals surface area (Å²) in [5.41, 5.74) is 0.248. The van der Waals surface area contributed by atoms with Crippen molar-refractivity contribution < 1.29 is 24.2 Å². The van der Waals surface area contributed by atoms with Crippen LogP contribution < -0.4 is 0 Å². The van der Waals surface area contributed by atoms with Gasteiger partial charge in [-0.25, -0.2) is 9.59 Å². The molecule has 2 amide bonds. The maximum atomic E-state index is 13.4. The molecule has 0 bridgehead atoms. The van der Waals surface area contributed by atoms with Crippen LogP contribution in [0.1, 0.15) is 44.1 Å². The molecule has 7 heteroatoms. The molecule has 4 rings (SSSR count). The Morgan fingerprint density at radius 2 is 1.83 bits per heavy atom. The van der Waals surface area contributed by atoms with E-state index in [1.54, 1.807) is 4.90 Å². The summed E-state index contributed by atoms with van der Waals surface area (Å²) >= 11 is 0. The van der Waals surface area contributed by atoms with Crippen molar-refractivity contribution in [2.75, 3.05) is 19.6 Å². The molecule has 7 nitrogen and oxygen atoms in total. The second-order valence-corrected chi connectivity index (χ2v) is 8.57. The molecule has 3 aliphatic rings. The van der Waals surface area contributed by atoms with Gasteiger partial charge in [-0.1, -0.05) is 43.2 Å². The van der Waals surface area contributed by atoms with Crippen molar-refractivity contribution in [2.45, 2.75) is 51.2 Å². The minimum Gasteiger partial charge on any atom is -0.465 e. The van der Waals surface area contributed by atoms with E-state index < -0.39 is 17.6 Å². The van der Waals surface area contributed by atoms with E-state index in [2.05, 4.69) is 0 Å². The van der Waals surface area contributed by atoms with Crippen molar-refractivity contribution in [3.05, 3.63) is 35.9 Å². The summed E-state index contributed by atoms with van der Waals surface area (Å²) in [6.07, 6.45) is 4.12. The standard InChI is InChI=1S/C22H28N2O5/c25-19(29-14-16-6-2-1-3-7-16)18(17-8-4-5-9-17)24-13-11-22(20(24)26)10-12-23(15-22)21(27)28/h1-3,6-7,17-18H,4-5,8-15H2,(H,27,28)/t18?,22-/m1/s1. The van der Waals surface area contributed by atoms with Gasteiger partial charge in [0.05, 0.1) is 5.41 Å². The molecule has 2 atom stereocenters. The van der Waals surface area contributed by atoms with Gasteiger partial charge >= 0.3 is 12.1 Å². The molecule has 0 aromatic heterocycles. The minimum atomic E-state index is -0.984. The first-order chi connectivity index (χ1) is 14.0. The van der Waals surface area contributed by atoms with Crippen LogP contribution in [-0.4, -0.2) is 58.6 Å². The fraction of sp³-hybridized carbons (Fsp3) is 0.591. The van der Waals surface area contributed by atoms with E-state index in [-0.39, 0.29) is 30.9 Å². The quantitative estimate of drug-likeness (QED) is 0.768. The zero-order valence-corrected chi connectivity index (χ0v) is 16.6. The molecule has 1 unspecified atom stereocenters. The Hall–Kier alpha value is -2.57. The molecule has 1 N–H and O–H groups in total. The lowest BCUT2D eigenvalue weighted by atomic mass is 9.85. The summed E-state index contributed by atoms with van der Waals surface area (Å²) < 4.78 is 5.64. The molecule has 2 saturated heterocycles. The van der Waals surface area contributed by atoms with Crippen LogP contribution in [-0.2, 0) is 20.9 Å². The maximum absolute atomic E-state index is 13.4. The SMILES string of the molecule is O=C(OCc1ccccc1)C(C1CCCC1)N1CC[C@@]2(CCN(C(=O)O)C2)C1=O. The van der Waals surface area contributed by atoms with E-state index in [1.165, 1.54) is 4.90 Å². The lowest BCUT2D eigenvalue weighted by Gasteiger charge is -2.32. The molecule has 1 saturated carbocycles. The lowest BCUT2D eigenvalue weighted by Crippen LogP contribution is -2.49. The van der Waals surface area contributed by atoms with Gasteiger partial charge in [-0.3, -0.25) is 4.79 Å². The smallest absolute Gasteiger partial charge is 0.407 e. The number of rotatable bonds is 5. The van der Waals surface area contributed by atoms with Gasteiger partial charge in [-0.15, -0.1) is 0 Å². The normalized spacial score (nSPS) is 25.7. The van der Waals surface area contributed by atoms with E-state index in [9.17, 15) is 19.5 Å². The number of esters is 1. The van der Waals surface area contributed by atoms with Crippen molar-refractivity contribution in [3.63, 3.8) is 0 Å². The average molecular weight is 400 g/mol. The van der Waals surface area contributed by atoms with Crippen molar-refractivity contribution in [3.8, 4) is 0 Å². The highest BCUT2D eigenvalue weighted by Gasteiger charge is 2.55. The van der Waals surface area contributed by atoms with Crippen molar-refractivity contribution in [2.24, 2.45) is 11.3 Å².